The lowest BCUT2D eigenvalue weighted by molar-refractivity contribution is -0.122. The number of nitrogens with one attached hydrogen (secondary N) is 2. The lowest BCUT2D eigenvalue weighted by Crippen LogP contribution is -2.43. The maximum absolute atomic E-state index is 12.1. The van der Waals surface area contributed by atoms with E-state index in [0.29, 0.717) is 22.9 Å². The zero-order valence-electron chi connectivity index (χ0n) is 17.9. The van der Waals surface area contributed by atoms with Crippen molar-refractivity contribution in [3.8, 4) is 34.2 Å². The highest BCUT2D eigenvalue weighted by molar-refractivity contribution is 5.84. The number of aryl methyl sites for hydroxylation is 1. The number of benzene rings is 2. The number of carbonyl (C=O) groups is 2. The molecule has 2 aromatic heterocycles. The van der Waals surface area contributed by atoms with Gasteiger partial charge in [0.1, 0.15) is 23.1 Å². The molecule has 168 valence electrons. The van der Waals surface area contributed by atoms with Crippen molar-refractivity contribution in [3.63, 3.8) is 0 Å². The van der Waals surface area contributed by atoms with E-state index in [-0.39, 0.29) is 12.4 Å². The topological polar surface area (TPSA) is 143 Å². The summed E-state index contributed by atoms with van der Waals surface area (Å²) in [6.45, 7) is 3.45. The van der Waals surface area contributed by atoms with E-state index in [4.69, 9.17) is 14.0 Å². The fourth-order valence-electron chi connectivity index (χ4n) is 3.26. The summed E-state index contributed by atoms with van der Waals surface area (Å²) >= 11 is 0. The van der Waals surface area contributed by atoms with Crippen LogP contribution >= 0.6 is 0 Å². The number of aromatic nitrogens is 3. The van der Waals surface area contributed by atoms with Crippen molar-refractivity contribution >= 4 is 12.0 Å². The summed E-state index contributed by atoms with van der Waals surface area (Å²) in [5.41, 5.74) is 3.46. The molecule has 0 radical (unpaired) electrons. The van der Waals surface area contributed by atoms with E-state index in [1.54, 1.807) is 6.92 Å². The van der Waals surface area contributed by atoms with E-state index >= 15 is 0 Å². The largest absolute Gasteiger partial charge is 0.465 e. The highest BCUT2D eigenvalue weighted by atomic mass is 16.5. The molecule has 0 bridgehead atoms. The maximum Gasteiger partial charge on any atom is 0.405 e. The third-order valence-corrected chi connectivity index (χ3v) is 4.92. The molecule has 1 atom stereocenters. The van der Waals surface area contributed by atoms with Gasteiger partial charge in [0.2, 0.25) is 11.8 Å². The van der Waals surface area contributed by atoms with Gasteiger partial charge in [-0.3, -0.25) is 4.79 Å². The van der Waals surface area contributed by atoms with Gasteiger partial charge in [-0.2, -0.15) is 0 Å². The second-order valence-electron chi connectivity index (χ2n) is 7.33. The molecule has 0 aliphatic rings. The van der Waals surface area contributed by atoms with Crippen molar-refractivity contribution in [1.82, 2.24) is 26.0 Å². The molecule has 0 saturated heterocycles. The van der Waals surface area contributed by atoms with Crippen LogP contribution in [0.3, 0.4) is 0 Å². The third kappa shape index (κ3) is 4.90. The average Bonchev–Trinajstić information content (AvgIpc) is 3.44. The monoisotopic (exact) mass is 447 g/mol. The van der Waals surface area contributed by atoms with Gasteiger partial charge in [-0.05, 0) is 37.6 Å². The molecule has 4 aromatic rings. The first-order valence-corrected chi connectivity index (χ1v) is 10.1. The zero-order chi connectivity index (χ0) is 23.4. The Balaban J connectivity index is 1.56. The molecule has 0 saturated carbocycles. The normalized spacial score (nSPS) is 11.7. The van der Waals surface area contributed by atoms with Crippen LogP contribution < -0.4 is 10.6 Å². The average molecular weight is 447 g/mol. The first-order valence-electron chi connectivity index (χ1n) is 10.1. The summed E-state index contributed by atoms with van der Waals surface area (Å²) in [5, 5.41) is 26.1. The Morgan fingerprint density at radius 2 is 1.76 bits per heavy atom. The van der Waals surface area contributed by atoms with Gasteiger partial charge in [0.15, 0.2) is 0 Å². The highest BCUT2D eigenvalue weighted by Gasteiger charge is 2.23. The van der Waals surface area contributed by atoms with E-state index in [9.17, 15) is 9.59 Å². The van der Waals surface area contributed by atoms with Crippen molar-refractivity contribution in [1.29, 1.82) is 0 Å². The number of nitrogens with zero attached hydrogens (tertiary/aromatic N) is 3. The SMILES string of the molecule is Cc1onc(-c2cccc(CNC(=O)C(C)NC(=O)O)c2)c1-c1nnc(-c2ccccc2)o1. The molecule has 2 heterocycles. The van der Waals surface area contributed by atoms with Gasteiger partial charge in [-0.15, -0.1) is 10.2 Å². The van der Waals surface area contributed by atoms with E-state index in [1.165, 1.54) is 6.92 Å². The Kier molecular flexibility index (Phi) is 6.16. The molecule has 10 nitrogen and oxygen atoms in total. The third-order valence-electron chi connectivity index (χ3n) is 4.92. The molecule has 0 aliphatic carbocycles. The Hall–Kier alpha value is -4.47. The molecule has 2 amide bonds. The Morgan fingerprint density at radius 3 is 2.52 bits per heavy atom. The number of hydrogen-bond acceptors (Lipinski definition) is 7. The standard InChI is InChI=1S/C23H21N5O5/c1-13(25-23(30)31)20(29)24-12-15-7-6-10-17(11-15)19-18(14(2)33-28-19)22-27-26-21(32-22)16-8-4-3-5-9-16/h3-11,13,25H,12H2,1-2H3,(H,24,29)(H,30,31). The van der Waals surface area contributed by atoms with Crippen molar-refractivity contribution in [2.24, 2.45) is 0 Å². The molecule has 0 aliphatic heterocycles. The van der Waals surface area contributed by atoms with Crippen molar-refractivity contribution in [2.75, 3.05) is 0 Å². The number of carboxylic acid groups (broad SMARTS) is 1. The van der Waals surface area contributed by atoms with E-state index in [0.717, 1.165) is 16.7 Å². The van der Waals surface area contributed by atoms with Crippen LogP contribution in [0.25, 0.3) is 34.2 Å². The summed E-state index contributed by atoms with van der Waals surface area (Å²) < 4.78 is 11.3. The first kappa shape index (κ1) is 21.8. The van der Waals surface area contributed by atoms with Crippen LogP contribution in [-0.4, -0.2) is 38.5 Å². The van der Waals surface area contributed by atoms with Crippen LogP contribution in [0.2, 0.25) is 0 Å². The summed E-state index contributed by atoms with van der Waals surface area (Å²) in [7, 11) is 0. The minimum absolute atomic E-state index is 0.212. The molecule has 3 N–H and O–H groups in total. The molecule has 1 unspecified atom stereocenters. The van der Waals surface area contributed by atoms with Gasteiger partial charge in [0, 0.05) is 17.7 Å². The molecule has 2 aromatic carbocycles. The number of rotatable bonds is 7. The van der Waals surface area contributed by atoms with Crippen molar-refractivity contribution in [3.05, 3.63) is 65.9 Å². The van der Waals surface area contributed by atoms with Crippen LogP contribution in [-0.2, 0) is 11.3 Å². The van der Waals surface area contributed by atoms with Crippen LogP contribution in [0.15, 0.2) is 63.5 Å². The molecule has 4 rings (SSSR count). The quantitative estimate of drug-likeness (QED) is 0.390. The minimum Gasteiger partial charge on any atom is -0.465 e. The smallest absolute Gasteiger partial charge is 0.405 e. The van der Waals surface area contributed by atoms with Gasteiger partial charge in [0.25, 0.3) is 5.89 Å². The van der Waals surface area contributed by atoms with Crippen LogP contribution in [0.4, 0.5) is 4.79 Å². The summed E-state index contributed by atoms with van der Waals surface area (Å²) in [5.74, 6) is 0.771. The molecule has 10 heteroatoms. The second kappa shape index (κ2) is 9.35. The fourth-order valence-corrected chi connectivity index (χ4v) is 3.26. The van der Waals surface area contributed by atoms with Crippen LogP contribution in [0.5, 0.6) is 0 Å². The van der Waals surface area contributed by atoms with Crippen molar-refractivity contribution in [2.45, 2.75) is 26.4 Å². The van der Waals surface area contributed by atoms with Crippen LogP contribution in [0.1, 0.15) is 18.2 Å². The molecule has 0 spiro atoms. The van der Waals surface area contributed by atoms with Crippen molar-refractivity contribution < 1.29 is 23.6 Å². The Morgan fingerprint density at radius 1 is 1.03 bits per heavy atom. The van der Waals surface area contributed by atoms with E-state index in [2.05, 4.69) is 26.0 Å². The highest BCUT2D eigenvalue weighted by Crippen LogP contribution is 2.35. The number of hydrogen-bond donors (Lipinski definition) is 3. The van der Waals surface area contributed by atoms with Gasteiger partial charge in [-0.25, -0.2) is 4.79 Å². The lowest BCUT2D eigenvalue weighted by Gasteiger charge is -2.12. The predicted octanol–water partition coefficient (Wildman–Crippen LogP) is 3.64. The molecular weight excluding hydrogens is 426 g/mol. The summed E-state index contributed by atoms with van der Waals surface area (Å²) in [6, 6.07) is 15.9. The fraction of sp³-hybridized carbons (Fsp3) is 0.174. The number of amides is 2. The van der Waals surface area contributed by atoms with Crippen LogP contribution in [0, 0.1) is 6.92 Å². The minimum atomic E-state index is -1.26. The van der Waals surface area contributed by atoms with Gasteiger partial charge in [-0.1, -0.05) is 41.6 Å². The van der Waals surface area contributed by atoms with Gasteiger partial charge in [0.05, 0.1) is 0 Å². The lowest BCUT2D eigenvalue weighted by atomic mass is 10.0. The van der Waals surface area contributed by atoms with Gasteiger partial charge < -0.3 is 24.7 Å². The van der Waals surface area contributed by atoms with E-state index in [1.807, 2.05) is 54.6 Å². The Bertz CT molecular complexity index is 1280. The molecule has 33 heavy (non-hydrogen) atoms. The van der Waals surface area contributed by atoms with Gasteiger partial charge >= 0.3 is 6.09 Å². The molecule has 0 fully saturated rings. The number of carbonyl (C=O) groups excluding carboxylic acids is 1. The summed E-state index contributed by atoms with van der Waals surface area (Å²) in [4.78, 5) is 22.8. The zero-order valence-corrected chi connectivity index (χ0v) is 17.9. The second-order valence-corrected chi connectivity index (χ2v) is 7.33. The first-order chi connectivity index (χ1) is 15.9. The Labute approximate surface area is 188 Å². The molecular formula is C23H21N5O5. The van der Waals surface area contributed by atoms with E-state index < -0.39 is 18.0 Å². The summed E-state index contributed by atoms with van der Waals surface area (Å²) in [6.07, 6.45) is -1.26. The predicted molar refractivity (Wildman–Crippen MR) is 118 cm³/mol. The maximum atomic E-state index is 12.1.